The monoisotopic (exact) mass is 324 g/mol. The summed E-state index contributed by atoms with van der Waals surface area (Å²) in [7, 11) is -4.05. The van der Waals surface area contributed by atoms with Crippen molar-refractivity contribution in [3.05, 3.63) is 18.2 Å². The molecule has 1 aromatic rings. The zero-order chi connectivity index (χ0) is 15.8. The number of nitrogens with zero attached hydrogens (tertiary/aromatic N) is 1. The molecule has 118 valence electrons. The Bertz CT molecular complexity index is 631. The summed E-state index contributed by atoms with van der Waals surface area (Å²) in [5.41, 5.74) is 5.29. The summed E-state index contributed by atoms with van der Waals surface area (Å²) in [6.45, 7) is -0.553. The third-order valence-electron chi connectivity index (χ3n) is 3.48. The van der Waals surface area contributed by atoms with Gasteiger partial charge in [-0.3, -0.25) is 0 Å². The van der Waals surface area contributed by atoms with Gasteiger partial charge in [0.1, 0.15) is 5.75 Å². The number of hydrogen-bond acceptors (Lipinski definition) is 4. The number of phenols is 1. The van der Waals surface area contributed by atoms with Crippen LogP contribution in [0.5, 0.6) is 5.75 Å². The lowest BCUT2D eigenvalue weighted by Crippen LogP contribution is -2.44. The van der Waals surface area contributed by atoms with Crippen molar-refractivity contribution in [1.82, 2.24) is 4.31 Å². The summed E-state index contributed by atoms with van der Waals surface area (Å²) in [6.07, 6.45) is -4.34. The molecule has 1 aliphatic rings. The van der Waals surface area contributed by atoms with E-state index in [1.807, 2.05) is 0 Å². The summed E-state index contributed by atoms with van der Waals surface area (Å²) in [5.74, 6) is -1.93. The first-order chi connectivity index (χ1) is 9.62. The predicted octanol–water partition coefficient (Wildman–Crippen LogP) is 1.94. The molecule has 1 aliphatic heterocycles. The topological polar surface area (TPSA) is 83.6 Å². The third kappa shape index (κ3) is 3.24. The fraction of sp³-hybridized carbons (Fsp3) is 0.500. The highest BCUT2D eigenvalue weighted by molar-refractivity contribution is 7.89. The Morgan fingerprint density at radius 2 is 2.00 bits per heavy atom. The van der Waals surface area contributed by atoms with E-state index in [0.717, 1.165) is 22.5 Å². The zero-order valence-electron chi connectivity index (χ0n) is 11.0. The molecular formula is C12H15F3N2O3S. The lowest BCUT2D eigenvalue weighted by molar-refractivity contribution is -0.182. The molecule has 1 atom stereocenters. The van der Waals surface area contributed by atoms with E-state index in [1.165, 1.54) is 0 Å². The van der Waals surface area contributed by atoms with Crippen LogP contribution in [0.1, 0.15) is 12.8 Å². The number of anilines is 1. The van der Waals surface area contributed by atoms with Crippen molar-refractivity contribution >= 4 is 15.7 Å². The molecule has 21 heavy (non-hydrogen) atoms. The molecule has 0 aliphatic carbocycles. The largest absolute Gasteiger partial charge is 0.506 e. The number of hydrogen-bond donors (Lipinski definition) is 2. The molecule has 0 aromatic heterocycles. The normalized spacial score (nSPS) is 21.4. The van der Waals surface area contributed by atoms with Crippen LogP contribution in [0.25, 0.3) is 0 Å². The molecule has 0 radical (unpaired) electrons. The molecule has 1 heterocycles. The van der Waals surface area contributed by atoms with Crippen molar-refractivity contribution in [3.63, 3.8) is 0 Å². The first-order valence-corrected chi connectivity index (χ1v) is 7.71. The van der Waals surface area contributed by atoms with E-state index in [9.17, 15) is 26.7 Å². The van der Waals surface area contributed by atoms with Gasteiger partial charge in [-0.25, -0.2) is 8.42 Å². The molecule has 9 heteroatoms. The number of piperidine rings is 1. The van der Waals surface area contributed by atoms with E-state index >= 15 is 0 Å². The van der Waals surface area contributed by atoms with Gasteiger partial charge in [-0.15, -0.1) is 0 Å². The Kier molecular flexibility index (Phi) is 4.07. The molecule has 3 N–H and O–H groups in total. The van der Waals surface area contributed by atoms with Crippen molar-refractivity contribution in [2.45, 2.75) is 23.9 Å². The van der Waals surface area contributed by atoms with Gasteiger partial charge in [0.2, 0.25) is 10.0 Å². The van der Waals surface area contributed by atoms with Crippen molar-refractivity contribution in [1.29, 1.82) is 0 Å². The van der Waals surface area contributed by atoms with Crippen LogP contribution >= 0.6 is 0 Å². The van der Waals surface area contributed by atoms with E-state index < -0.39 is 28.7 Å². The second-order valence-corrected chi connectivity index (χ2v) is 6.90. The highest BCUT2D eigenvalue weighted by Crippen LogP contribution is 2.35. The van der Waals surface area contributed by atoms with Gasteiger partial charge in [-0.05, 0) is 31.0 Å². The number of nitrogens with two attached hydrogens (primary N) is 1. The fourth-order valence-electron chi connectivity index (χ4n) is 2.27. The lowest BCUT2D eigenvalue weighted by atomic mass is 9.99. The highest BCUT2D eigenvalue weighted by Gasteiger charge is 2.44. The van der Waals surface area contributed by atoms with Crippen LogP contribution in [0.4, 0.5) is 18.9 Å². The van der Waals surface area contributed by atoms with Gasteiger partial charge in [0.05, 0.1) is 16.5 Å². The zero-order valence-corrected chi connectivity index (χ0v) is 11.8. The van der Waals surface area contributed by atoms with Gasteiger partial charge in [0, 0.05) is 13.1 Å². The maximum atomic E-state index is 12.7. The molecule has 0 amide bonds. The predicted molar refractivity (Wildman–Crippen MR) is 70.1 cm³/mol. The minimum atomic E-state index is -4.41. The third-order valence-corrected chi connectivity index (χ3v) is 5.34. The van der Waals surface area contributed by atoms with Gasteiger partial charge in [-0.2, -0.15) is 17.5 Å². The molecule has 1 saturated heterocycles. The maximum Gasteiger partial charge on any atom is 0.393 e. The molecule has 0 bridgehead atoms. The van der Waals surface area contributed by atoms with Crippen LogP contribution in [0.2, 0.25) is 0 Å². The number of phenolic OH excluding ortho intramolecular Hbond substituents is 1. The Balaban J connectivity index is 2.28. The Morgan fingerprint density at radius 1 is 1.33 bits per heavy atom. The smallest absolute Gasteiger partial charge is 0.393 e. The standard InChI is InChI=1S/C12H15F3N2O3S/c13-12(14,15)8-2-1-5-17(7-8)21(19,20)9-3-4-11(18)10(16)6-9/h3-4,6,8,18H,1-2,5,7,16H2. The summed E-state index contributed by atoms with van der Waals surface area (Å²) in [6, 6.07) is 3.27. The molecular weight excluding hydrogens is 309 g/mol. The Hall–Kier alpha value is -1.48. The second-order valence-electron chi connectivity index (χ2n) is 4.96. The number of rotatable bonds is 2. The minimum absolute atomic E-state index is 0.0374. The average molecular weight is 324 g/mol. The SMILES string of the molecule is Nc1cc(S(=O)(=O)N2CCCC(C(F)(F)F)C2)ccc1O. The van der Waals surface area contributed by atoms with Gasteiger partial charge >= 0.3 is 6.18 Å². The van der Waals surface area contributed by atoms with Crippen molar-refractivity contribution in [2.75, 3.05) is 18.8 Å². The van der Waals surface area contributed by atoms with E-state index in [2.05, 4.69) is 0 Å². The van der Waals surface area contributed by atoms with Crippen LogP contribution < -0.4 is 5.73 Å². The van der Waals surface area contributed by atoms with E-state index in [-0.39, 0.29) is 35.7 Å². The van der Waals surface area contributed by atoms with Crippen LogP contribution in [0.3, 0.4) is 0 Å². The second kappa shape index (κ2) is 5.38. The van der Waals surface area contributed by atoms with Crippen molar-refractivity contribution in [2.24, 2.45) is 5.92 Å². The van der Waals surface area contributed by atoms with E-state index in [1.54, 1.807) is 0 Å². The maximum absolute atomic E-state index is 12.7. The minimum Gasteiger partial charge on any atom is -0.506 e. The molecule has 0 spiro atoms. The van der Waals surface area contributed by atoms with Crippen LogP contribution in [0, 0.1) is 5.92 Å². The summed E-state index contributed by atoms with van der Waals surface area (Å²) in [5, 5.41) is 9.29. The Labute approximate surface area is 120 Å². The van der Waals surface area contributed by atoms with Crippen molar-refractivity contribution < 1.29 is 26.7 Å². The number of nitrogen functional groups attached to an aromatic ring is 1. The quantitative estimate of drug-likeness (QED) is 0.643. The van der Waals surface area contributed by atoms with Crippen LogP contribution in [0.15, 0.2) is 23.1 Å². The summed E-state index contributed by atoms with van der Waals surface area (Å²) in [4.78, 5) is -0.222. The fourth-order valence-corrected chi connectivity index (χ4v) is 3.83. The summed E-state index contributed by atoms with van der Waals surface area (Å²) >= 11 is 0. The van der Waals surface area contributed by atoms with Gasteiger partial charge in [-0.1, -0.05) is 0 Å². The molecule has 0 saturated carbocycles. The molecule has 1 aromatic carbocycles. The molecule has 1 fully saturated rings. The lowest BCUT2D eigenvalue weighted by Gasteiger charge is -2.32. The first kappa shape index (κ1) is 15.9. The van der Waals surface area contributed by atoms with Gasteiger partial charge in [0.15, 0.2) is 0 Å². The molecule has 5 nitrogen and oxygen atoms in total. The number of sulfonamides is 1. The average Bonchev–Trinajstić information content (AvgIpc) is 2.41. The van der Waals surface area contributed by atoms with Crippen LogP contribution in [-0.2, 0) is 10.0 Å². The number of aromatic hydroxyl groups is 1. The highest BCUT2D eigenvalue weighted by atomic mass is 32.2. The van der Waals surface area contributed by atoms with Gasteiger partial charge in [0.25, 0.3) is 0 Å². The molecule has 1 unspecified atom stereocenters. The van der Waals surface area contributed by atoms with Crippen molar-refractivity contribution in [3.8, 4) is 5.75 Å². The van der Waals surface area contributed by atoms with Gasteiger partial charge < -0.3 is 10.8 Å². The Morgan fingerprint density at radius 3 is 2.57 bits per heavy atom. The molecule has 2 rings (SSSR count). The summed E-state index contributed by atoms with van der Waals surface area (Å²) < 4.78 is 63.8. The van der Waals surface area contributed by atoms with Crippen LogP contribution in [-0.4, -0.2) is 37.1 Å². The number of halogens is 3. The first-order valence-electron chi connectivity index (χ1n) is 6.27. The number of alkyl halides is 3. The van der Waals surface area contributed by atoms with E-state index in [4.69, 9.17) is 5.73 Å². The van der Waals surface area contributed by atoms with E-state index in [0.29, 0.717) is 0 Å². The number of benzene rings is 1.